The molecule has 3 N–H and O–H groups in total. The van der Waals surface area contributed by atoms with Crippen LogP contribution in [0.2, 0.25) is 0 Å². The summed E-state index contributed by atoms with van der Waals surface area (Å²) in [5, 5.41) is 9.45. The summed E-state index contributed by atoms with van der Waals surface area (Å²) in [6.45, 7) is 1.82. The highest BCUT2D eigenvalue weighted by molar-refractivity contribution is 5.55. The standard InChI is InChI=1S/C11H15NO4/c1-6(13)10(12)7-3-8(14-2)11-9(4-7)15-5-16-11/h3-4,6,10,13H,5,12H2,1-2H3/t6-,10-/m1/s1. The molecule has 0 fully saturated rings. The smallest absolute Gasteiger partial charge is 0.231 e. The number of methoxy groups -OCH3 is 1. The molecule has 5 heteroatoms. The van der Waals surface area contributed by atoms with Crippen LogP contribution in [0.4, 0.5) is 0 Å². The number of benzene rings is 1. The van der Waals surface area contributed by atoms with Crippen LogP contribution in [0.3, 0.4) is 0 Å². The summed E-state index contributed by atoms with van der Waals surface area (Å²) < 4.78 is 15.7. The highest BCUT2D eigenvalue weighted by Gasteiger charge is 2.23. The molecule has 5 nitrogen and oxygen atoms in total. The minimum atomic E-state index is -0.634. The molecule has 0 bridgehead atoms. The molecule has 1 aliphatic rings. The van der Waals surface area contributed by atoms with Crippen LogP contribution in [0.1, 0.15) is 18.5 Å². The van der Waals surface area contributed by atoms with Crippen molar-refractivity contribution >= 4 is 0 Å². The lowest BCUT2D eigenvalue weighted by molar-refractivity contribution is 0.164. The van der Waals surface area contributed by atoms with Crippen molar-refractivity contribution in [2.45, 2.75) is 19.1 Å². The first-order chi connectivity index (χ1) is 7.63. The Labute approximate surface area is 93.7 Å². The maximum absolute atomic E-state index is 9.45. The van der Waals surface area contributed by atoms with Gasteiger partial charge in [-0.3, -0.25) is 0 Å². The van der Waals surface area contributed by atoms with Crippen LogP contribution in [0, 0.1) is 0 Å². The number of aliphatic hydroxyl groups is 1. The zero-order chi connectivity index (χ0) is 11.7. The van der Waals surface area contributed by atoms with Crippen LogP contribution in [0.25, 0.3) is 0 Å². The molecule has 1 aromatic carbocycles. The fourth-order valence-corrected chi connectivity index (χ4v) is 1.62. The van der Waals surface area contributed by atoms with Crippen molar-refractivity contribution < 1.29 is 19.3 Å². The molecule has 1 aliphatic heterocycles. The molecule has 0 saturated heterocycles. The Morgan fingerprint density at radius 2 is 2.19 bits per heavy atom. The minimum Gasteiger partial charge on any atom is -0.493 e. The Balaban J connectivity index is 2.41. The van der Waals surface area contributed by atoms with Crippen LogP contribution < -0.4 is 19.9 Å². The Morgan fingerprint density at radius 3 is 2.81 bits per heavy atom. The first-order valence-corrected chi connectivity index (χ1v) is 5.04. The summed E-state index contributed by atoms with van der Waals surface area (Å²) >= 11 is 0. The van der Waals surface area contributed by atoms with E-state index in [9.17, 15) is 5.11 Å². The molecule has 1 heterocycles. The third-order valence-electron chi connectivity index (χ3n) is 2.59. The quantitative estimate of drug-likeness (QED) is 0.796. The van der Waals surface area contributed by atoms with E-state index >= 15 is 0 Å². The molecular formula is C11H15NO4. The van der Waals surface area contributed by atoms with Gasteiger partial charge in [0.05, 0.1) is 19.3 Å². The third-order valence-corrected chi connectivity index (χ3v) is 2.59. The third kappa shape index (κ3) is 1.79. The fourth-order valence-electron chi connectivity index (χ4n) is 1.62. The maximum atomic E-state index is 9.45. The lowest BCUT2D eigenvalue weighted by Crippen LogP contribution is -2.23. The number of rotatable bonds is 3. The van der Waals surface area contributed by atoms with Crippen LogP contribution in [-0.2, 0) is 0 Å². The highest BCUT2D eigenvalue weighted by atomic mass is 16.7. The average Bonchev–Trinajstić information content (AvgIpc) is 2.74. The zero-order valence-corrected chi connectivity index (χ0v) is 9.27. The maximum Gasteiger partial charge on any atom is 0.231 e. The van der Waals surface area contributed by atoms with Crippen molar-refractivity contribution in [1.82, 2.24) is 0 Å². The van der Waals surface area contributed by atoms with E-state index in [0.29, 0.717) is 17.2 Å². The Bertz CT molecular complexity index is 392. The van der Waals surface area contributed by atoms with E-state index in [4.69, 9.17) is 19.9 Å². The van der Waals surface area contributed by atoms with Gasteiger partial charge in [-0.05, 0) is 24.6 Å². The normalized spacial score (nSPS) is 17.0. The van der Waals surface area contributed by atoms with Gasteiger partial charge in [0.2, 0.25) is 12.5 Å². The van der Waals surface area contributed by atoms with Gasteiger partial charge < -0.3 is 25.1 Å². The van der Waals surface area contributed by atoms with Crippen LogP contribution in [0.5, 0.6) is 17.2 Å². The van der Waals surface area contributed by atoms with Gasteiger partial charge in [0, 0.05) is 0 Å². The molecule has 1 aromatic rings. The van der Waals surface area contributed by atoms with Crippen molar-refractivity contribution in [2.24, 2.45) is 5.73 Å². The average molecular weight is 225 g/mol. The fraction of sp³-hybridized carbons (Fsp3) is 0.455. The van der Waals surface area contributed by atoms with Crippen molar-refractivity contribution in [3.63, 3.8) is 0 Å². The number of hydrogen-bond acceptors (Lipinski definition) is 5. The van der Waals surface area contributed by atoms with Gasteiger partial charge in [0.1, 0.15) is 0 Å². The largest absolute Gasteiger partial charge is 0.493 e. The first kappa shape index (κ1) is 11.0. The van der Waals surface area contributed by atoms with Crippen molar-refractivity contribution in [3.8, 4) is 17.2 Å². The monoisotopic (exact) mass is 225 g/mol. The molecule has 88 valence electrons. The van der Waals surface area contributed by atoms with Gasteiger partial charge in [-0.15, -0.1) is 0 Å². The van der Waals surface area contributed by atoms with E-state index in [1.54, 1.807) is 26.2 Å². The van der Waals surface area contributed by atoms with E-state index < -0.39 is 12.1 Å². The van der Waals surface area contributed by atoms with E-state index in [0.717, 1.165) is 5.56 Å². The topological polar surface area (TPSA) is 73.9 Å². The summed E-state index contributed by atoms with van der Waals surface area (Å²) in [7, 11) is 1.55. The first-order valence-electron chi connectivity index (χ1n) is 5.04. The molecule has 0 spiro atoms. The lowest BCUT2D eigenvalue weighted by atomic mass is 10.0. The molecule has 0 aliphatic carbocycles. The molecule has 2 atom stereocenters. The van der Waals surface area contributed by atoms with E-state index in [2.05, 4.69) is 0 Å². The van der Waals surface area contributed by atoms with Gasteiger partial charge in [0.25, 0.3) is 0 Å². The molecular weight excluding hydrogens is 210 g/mol. The molecule has 2 rings (SSSR count). The van der Waals surface area contributed by atoms with E-state index in [1.165, 1.54) is 0 Å². The van der Waals surface area contributed by atoms with Crippen LogP contribution in [0.15, 0.2) is 12.1 Å². The number of hydrogen-bond donors (Lipinski definition) is 2. The van der Waals surface area contributed by atoms with E-state index in [-0.39, 0.29) is 6.79 Å². The molecule has 0 unspecified atom stereocenters. The van der Waals surface area contributed by atoms with Gasteiger partial charge in [-0.2, -0.15) is 0 Å². The highest BCUT2D eigenvalue weighted by Crippen LogP contribution is 2.42. The second-order valence-corrected chi connectivity index (χ2v) is 3.72. The summed E-state index contributed by atoms with van der Waals surface area (Å²) in [6, 6.07) is 3.05. The Morgan fingerprint density at radius 1 is 1.44 bits per heavy atom. The van der Waals surface area contributed by atoms with Gasteiger partial charge in [-0.25, -0.2) is 0 Å². The second-order valence-electron chi connectivity index (χ2n) is 3.72. The Hall–Kier alpha value is -1.46. The van der Waals surface area contributed by atoms with Crippen molar-refractivity contribution in [3.05, 3.63) is 17.7 Å². The van der Waals surface area contributed by atoms with Crippen molar-refractivity contribution in [1.29, 1.82) is 0 Å². The van der Waals surface area contributed by atoms with Crippen LogP contribution >= 0.6 is 0 Å². The summed E-state index contributed by atoms with van der Waals surface area (Å²) in [6.07, 6.45) is -0.634. The van der Waals surface area contributed by atoms with E-state index in [1.807, 2.05) is 0 Å². The lowest BCUT2D eigenvalue weighted by Gasteiger charge is -2.16. The number of nitrogens with two attached hydrogens (primary N) is 1. The van der Waals surface area contributed by atoms with Gasteiger partial charge in [0.15, 0.2) is 11.5 Å². The molecule has 16 heavy (non-hydrogen) atoms. The molecule has 0 saturated carbocycles. The SMILES string of the molecule is COc1cc([C@H](N)[C@@H](C)O)cc2c1OCO2. The van der Waals surface area contributed by atoms with Crippen molar-refractivity contribution in [2.75, 3.05) is 13.9 Å². The zero-order valence-electron chi connectivity index (χ0n) is 9.27. The summed E-state index contributed by atoms with van der Waals surface area (Å²) in [5.74, 6) is 1.76. The second kappa shape index (κ2) is 4.19. The number of fused-ring (bicyclic) bond motifs is 1. The molecule has 0 radical (unpaired) electrons. The Kier molecular flexibility index (Phi) is 2.89. The minimum absolute atomic E-state index is 0.180. The molecule has 0 aromatic heterocycles. The number of aliphatic hydroxyl groups excluding tert-OH is 1. The van der Waals surface area contributed by atoms with Crippen LogP contribution in [-0.4, -0.2) is 25.1 Å². The van der Waals surface area contributed by atoms with Gasteiger partial charge >= 0.3 is 0 Å². The predicted octanol–water partition coefficient (Wildman–Crippen LogP) is 0.804. The summed E-state index contributed by atoms with van der Waals surface area (Å²) in [4.78, 5) is 0. The van der Waals surface area contributed by atoms with Gasteiger partial charge in [-0.1, -0.05) is 0 Å². The predicted molar refractivity (Wildman–Crippen MR) is 57.7 cm³/mol. The molecule has 0 amide bonds. The number of ether oxygens (including phenoxy) is 3. The summed E-state index contributed by atoms with van der Waals surface area (Å²) in [5.41, 5.74) is 6.61.